The molecule has 0 saturated carbocycles. The van der Waals surface area contributed by atoms with Gasteiger partial charge in [-0.3, -0.25) is 4.79 Å². The Hall–Kier alpha value is -3.16. The lowest BCUT2D eigenvalue weighted by Gasteiger charge is -2.13. The zero-order valence-corrected chi connectivity index (χ0v) is 14.3. The van der Waals surface area contributed by atoms with Crippen LogP contribution < -0.4 is 15.4 Å². The van der Waals surface area contributed by atoms with Gasteiger partial charge < -0.3 is 19.9 Å². The van der Waals surface area contributed by atoms with Crippen LogP contribution in [0.25, 0.3) is 11.0 Å². The topological polar surface area (TPSA) is 81.1 Å². The number of hydrogen-bond acceptors (Lipinski definition) is 5. The van der Waals surface area contributed by atoms with Crippen molar-refractivity contribution in [3.63, 3.8) is 0 Å². The maximum atomic E-state index is 12.2. The summed E-state index contributed by atoms with van der Waals surface area (Å²) in [6.45, 7) is 0.0424. The van der Waals surface area contributed by atoms with E-state index in [4.69, 9.17) is 4.74 Å². The first-order valence-corrected chi connectivity index (χ1v) is 8.35. The van der Waals surface area contributed by atoms with Gasteiger partial charge >= 0.3 is 0 Å². The molecule has 0 aromatic carbocycles. The SMILES string of the molecule is Cn1c2c(c3ccc(Nc4ccnc(OCCF)c4)nc31)C(=O)NCC2. The number of fused-ring (bicyclic) bond motifs is 3. The summed E-state index contributed by atoms with van der Waals surface area (Å²) in [6, 6.07) is 7.19. The smallest absolute Gasteiger partial charge is 0.253 e. The number of amides is 1. The predicted molar refractivity (Wildman–Crippen MR) is 95.7 cm³/mol. The summed E-state index contributed by atoms with van der Waals surface area (Å²) in [5, 5.41) is 6.91. The van der Waals surface area contributed by atoms with Gasteiger partial charge in [0.15, 0.2) is 0 Å². The van der Waals surface area contributed by atoms with E-state index >= 15 is 0 Å². The van der Waals surface area contributed by atoms with Crippen molar-refractivity contribution in [3.05, 3.63) is 41.7 Å². The third kappa shape index (κ3) is 2.83. The first kappa shape index (κ1) is 16.3. The molecule has 8 heteroatoms. The van der Waals surface area contributed by atoms with Gasteiger partial charge in [0.2, 0.25) is 5.88 Å². The summed E-state index contributed by atoms with van der Waals surface area (Å²) >= 11 is 0. The molecule has 0 fully saturated rings. The third-order valence-electron chi connectivity index (χ3n) is 4.36. The van der Waals surface area contributed by atoms with E-state index in [-0.39, 0.29) is 12.5 Å². The number of carbonyl (C=O) groups excluding carboxylic acids is 1. The van der Waals surface area contributed by atoms with Crippen molar-refractivity contribution in [3.8, 4) is 5.88 Å². The van der Waals surface area contributed by atoms with Crippen LogP contribution in [0.1, 0.15) is 16.1 Å². The van der Waals surface area contributed by atoms with Crippen LogP contribution in [0.4, 0.5) is 15.9 Å². The Bertz CT molecular complexity index is 985. The molecule has 4 rings (SSSR count). The van der Waals surface area contributed by atoms with Crippen LogP contribution in [-0.4, -0.2) is 40.3 Å². The van der Waals surface area contributed by atoms with Crippen molar-refractivity contribution < 1.29 is 13.9 Å². The normalized spacial score (nSPS) is 13.4. The predicted octanol–water partition coefficient (Wildman–Crippen LogP) is 2.35. The number of halogens is 1. The van der Waals surface area contributed by atoms with E-state index in [0.29, 0.717) is 23.8 Å². The first-order valence-electron chi connectivity index (χ1n) is 8.35. The van der Waals surface area contributed by atoms with E-state index in [9.17, 15) is 9.18 Å². The number of aryl methyl sites for hydroxylation is 1. The maximum absolute atomic E-state index is 12.2. The molecule has 3 aromatic rings. The number of alkyl halides is 1. The fraction of sp³-hybridized carbons (Fsp3) is 0.278. The van der Waals surface area contributed by atoms with E-state index < -0.39 is 6.67 Å². The monoisotopic (exact) mass is 355 g/mol. The van der Waals surface area contributed by atoms with Gasteiger partial charge in [0.1, 0.15) is 24.7 Å². The summed E-state index contributed by atoms with van der Waals surface area (Å²) < 4.78 is 19.4. The van der Waals surface area contributed by atoms with Crippen molar-refractivity contribution in [2.75, 3.05) is 25.1 Å². The number of anilines is 2. The molecule has 26 heavy (non-hydrogen) atoms. The summed E-state index contributed by atoms with van der Waals surface area (Å²) in [6.07, 6.45) is 2.37. The minimum atomic E-state index is -0.566. The Balaban J connectivity index is 1.66. The summed E-state index contributed by atoms with van der Waals surface area (Å²) in [7, 11) is 1.92. The fourth-order valence-corrected chi connectivity index (χ4v) is 3.21. The second-order valence-electron chi connectivity index (χ2n) is 6.00. The van der Waals surface area contributed by atoms with E-state index in [2.05, 4.69) is 20.6 Å². The Morgan fingerprint density at radius 3 is 3.12 bits per heavy atom. The molecule has 7 nitrogen and oxygen atoms in total. The zero-order valence-electron chi connectivity index (χ0n) is 14.3. The number of aromatic nitrogens is 3. The molecular weight excluding hydrogens is 337 g/mol. The molecule has 0 atom stereocenters. The molecule has 2 N–H and O–H groups in total. The van der Waals surface area contributed by atoms with Gasteiger partial charge in [-0.15, -0.1) is 0 Å². The van der Waals surface area contributed by atoms with Crippen molar-refractivity contribution in [2.24, 2.45) is 7.05 Å². The van der Waals surface area contributed by atoms with Crippen LogP contribution in [0, 0.1) is 0 Å². The van der Waals surface area contributed by atoms with Crippen molar-refractivity contribution >= 4 is 28.4 Å². The highest BCUT2D eigenvalue weighted by Gasteiger charge is 2.25. The van der Waals surface area contributed by atoms with E-state index in [1.54, 1.807) is 18.3 Å². The molecule has 0 saturated heterocycles. The quantitative estimate of drug-likeness (QED) is 0.734. The largest absolute Gasteiger partial charge is 0.475 e. The Kier molecular flexibility index (Phi) is 4.16. The summed E-state index contributed by atoms with van der Waals surface area (Å²) in [5.74, 6) is 0.932. The van der Waals surface area contributed by atoms with Crippen LogP contribution in [0.3, 0.4) is 0 Å². The van der Waals surface area contributed by atoms with Gasteiger partial charge in [0.05, 0.1) is 5.56 Å². The van der Waals surface area contributed by atoms with E-state index in [1.165, 1.54) is 0 Å². The van der Waals surface area contributed by atoms with Crippen LogP contribution in [-0.2, 0) is 13.5 Å². The number of nitrogens with zero attached hydrogens (tertiary/aromatic N) is 3. The van der Waals surface area contributed by atoms with Crippen molar-refractivity contribution in [1.29, 1.82) is 0 Å². The Morgan fingerprint density at radius 2 is 2.27 bits per heavy atom. The molecule has 0 radical (unpaired) electrons. The molecule has 1 aliphatic heterocycles. The number of hydrogen-bond donors (Lipinski definition) is 2. The van der Waals surface area contributed by atoms with Gasteiger partial charge in [0, 0.05) is 49.0 Å². The Labute approximate surface area is 149 Å². The van der Waals surface area contributed by atoms with Crippen LogP contribution >= 0.6 is 0 Å². The second-order valence-corrected chi connectivity index (χ2v) is 6.00. The minimum Gasteiger partial charge on any atom is -0.475 e. The zero-order chi connectivity index (χ0) is 18.1. The lowest BCUT2D eigenvalue weighted by Crippen LogP contribution is -2.32. The number of ether oxygens (including phenoxy) is 1. The van der Waals surface area contributed by atoms with Crippen LogP contribution in [0.5, 0.6) is 5.88 Å². The highest BCUT2D eigenvalue weighted by molar-refractivity contribution is 6.08. The molecule has 3 aromatic heterocycles. The molecule has 0 spiro atoms. The van der Waals surface area contributed by atoms with Crippen LogP contribution in [0.2, 0.25) is 0 Å². The van der Waals surface area contributed by atoms with Gasteiger partial charge in [-0.1, -0.05) is 0 Å². The highest BCUT2D eigenvalue weighted by Crippen LogP contribution is 2.28. The standard InChI is InChI=1S/C18H18FN5O2/c1-24-13-5-8-21-18(25)16(13)12-2-3-14(23-17(12)24)22-11-4-7-20-15(10-11)26-9-6-19/h2-4,7,10H,5-6,8-9H2,1H3,(H,21,25)(H,20,22,23). The van der Waals surface area contributed by atoms with Gasteiger partial charge in [-0.25, -0.2) is 14.4 Å². The first-order chi connectivity index (χ1) is 12.7. The summed E-state index contributed by atoms with van der Waals surface area (Å²) in [4.78, 5) is 20.9. The van der Waals surface area contributed by atoms with Gasteiger partial charge in [-0.05, 0) is 18.2 Å². The molecule has 4 heterocycles. The molecular formula is C18H18FN5O2. The van der Waals surface area contributed by atoms with Crippen molar-refractivity contribution in [1.82, 2.24) is 19.9 Å². The number of rotatable bonds is 5. The second kappa shape index (κ2) is 6.62. The summed E-state index contributed by atoms with van der Waals surface area (Å²) in [5.41, 5.74) is 3.19. The lowest BCUT2D eigenvalue weighted by molar-refractivity contribution is 0.0947. The maximum Gasteiger partial charge on any atom is 0.253 e. The number of nitrogens with one attached hydrogen (secondary N) is 2. The van der Waals surface area contributed by atoms with Crippen molar-refractivity contribution in [2.45, 2.75) is 6.42 Å². The average molecular weight is 355 g/mol. The highest BCUT2D eigenvalue weighted by atomic mass is 19.1. The average Bonchev–Trinajstić information content (AvgIpc) is 2.94. The molecule has 0 aliphatic carbocycles. The molecule has 0 bridgehead atoms. The molecule has 1 aliphatic rings. The van der Waals surface area contributed by atoms with Gasteiger partial charge in [-0.2, -0.15) is 0 Å². The van der Waals surface area contributed by atoms with Crippen LogP contribution in [0.15, 0.2) is 30.5 Å². The van der Waals surface area contributed by atoms with E-state index in [0.717, 1.165) is 28.8 Å². The number of carbonyl (C=O) groups is 1. The number of pyridine rings is 2. The van der Waals surface area contributed by atoms with Gasteiger partial charge in [0.25, 0.3) is 5.91 Å². The Morgan fingerprint density at radius 1 is 1.38 bits per heavy atom. The third-order valence-corrected chi connectivity index (χ3v) is 4.36. The lowest BCUT2D eigenvalue weighted by atomic mass is 10.1. The molecule has 134 valence electrons. The van der Waals surface area contributed by atoms with E-state index in [1.807, 2.05) is 23.7 Å². The molecule has 1 amide bonds. The fourth-order valence-electron chi connectivity index (χ4n) is 3.21. The molecule has 0 unspecified atom stereocenters. The minimum absolute atomic E-state index is 0.0301.